The third-order valence-electron chi connectivity index (χ3n) is 3.79. The van der Waals surface area contributed by atoms with Gasteiger partial charge in [0.25, 0.3) is 0 Å². The van der Waals surface area contributed by atoms with E-state index in [9.17, 15) is 4.79 Å². The Kier molecular flexibility index (Phi) is 16.2. The summed E-state index contributed by atoms with van der Waals surface area (Å²) in [6, 6.07) is 0. The highest BCUT2D eigenvalue weighted by Gasteiger charge is 2.32. The van der Waals surface area contributed by atoms with Crippen LogP contribution in [0.1, 0.15) is 53.9 Å². The van der Waals surface area contributed by atoms with Crippen LogP contribution in [0.25, 0.3) is 0 Å². The van der Waals surface area contributed by atoms with Gasteiger partial charge >= 0.3 is 0 Å². The first kappa shape index (κ1) is 27.4. The molecule has 0 aliphatic rings. The molecule has 26 heavy (non-hydrogen) atoms. The molecule has 0 aromatic rings. The molecule has 0 bridgehead atoms. The van der Waals surface area contributed by atoms with Crippen LogP contribution in [-0.2, 0) is 9.53 Å². The Hall–Kier alpha value is -0.770. The van der Waals surface area contributed by atoms with Gasteiger partial charge in [-0.15, -0.1) is 0 Å². The number of nitrogens with two attached hydrogens (primary N) is 1. The Morgan fingerprint density at radius 3 is 1.77 bits per heavy atom. The Balaban J connectivity index is 0. The predicted octanol–water partition coefficient (Wildman–Crippen LogP) is -0.219. The molecular weight excluding hydrogens is 342 g/mol. The maximum Gasteiger partial charge on any atom is 0.249 e. The molecule has 5 atom stereocenters. The van der Waals surface area contributed by atoms with Gasteiger partial charge in [0.2, 0.25) is 5.91 Å². The van der Waals surface area contributed by atoms with Gasteiger partial charge < -0.3 is 36.0 Å². The van der Waals surface area contributed by atoms with E-state index in [4.69, 9.17) is 30.3 Å². The van der Waals surface area contributed by atoms with Gasteiger partial charge in [-0.2, -0.15) is 0 Å². The van der Waals surface area contributed by atoms with Gasteiger partial charge in [-0.1, -0.05) is 27.7 Å². The zero-order valence-corrected chi connectivity index (χ0v) is 16.7. The van der Waals surface area contributed by atoms with Crippen molar-refractivity contribution < 1.29 is 35.1 Å². The van der Waals surface area contributed by atoms with Crippen molar-refractivity contribution in [2.24, 2.45) is 17.6 Å². The van der Waals surface area contributed by atoms with Crippen LogP contribution in [0.5, 0.6) is 0 Å². The quantitative estimate of drug-likeness (QED) is 0.273. The molecule has 0 radical (unpaired) electrons. The number of primary amides is 1. The van der Waals surface area contributed by atoms with Crippen LogP contribution in [0.4, 0.5) is 0 Å². The summed E-state index contributed by atoms with van der Waals surface area (Å²) in [5.41, 5.74) is 4.61. The summed E-state index contributed by atoms with van der Waals surface area (Å²) in [6.45, 7) is 11.3. The molecule has 0 saturated carbocycles. The van der Waals surface area contributed by atoms with Gasteiger partial charge in [-0.25, -0.2) is 0 Å². The first-order valence-corrected chi connectivity index (χ1v) is 9.17. The highest BCUT2D eigenvalue weighted by molar-refractivity contribution is 5.79. The SMILES string of the molecule is CC(C)CCOC(C)CCC(C)C.NC(=O)C(O)C(O)C(O)C(O)CO. The van der Waals surface area contributed by atoms with Crippen molar-refractivity contribution in [3.8, 4) is 0 Å². The second-order valence-corrected chi connectivity index (χ2v) is 7.41. The molecule has 158 valence electrons. The number of aliphatic hydroxyl groups excluding tert-OH is 5. The summed E-state index contributed by atoms with van der Waals surface area (Å²) in [4.78, 5) is 10.3. The monoisotopic (exact) mass is 381 g/mol. The topological polar surface area (TPSA) is 153 Å². The molecule has 0 aromatic carbocycles. The highest BCUT2D eigenvalue weighted by atomic mass is 16.5. The van der Waals surface area contributed by atoms with Crippen LogP contribution in [0.15, 0.2) is 0 Å². The number of amides is 1. The number of aliphatic hydroxyl groups is 5. The average molecular weight is 382 g/mol. The lowest BCUT2D eigenvalue weighted by Gasteiger charge is -2.23. The van der Waals surface area contributed by atoms with Gasteiger partial charge in [0.05, 0.1) is 12.7 Å². The Morgan fingerprint density at radius 2 is 1.38 bits per heavy atom. The van der Waals surface area contributed by atoms with E-state index in [1.807, 2.05) is 0 Å². The van der Waals surface area contributed by atoms with E-state index in [1.54, 1.807) is 0 Å². The molecular formula is C18H39NO7. The standard InChI is InChI=1S/C12H26O.C6H13NO6/c1-10(2)6-7-12(5)13-9-8-11(3)4;7-6(13)5(12)4(11)3(10)2(9)1-8/h10-12H,6-9H2,1-5H3;2-5,8-12H,1H2,(H2,7,13). The van der Waals surface area contributed by atoms with Gasteiger partial charge in [-0.3, -0.25) is 4.79 Å². The van der Waals surface area contributed by atoms with E-state index >= 15 is 0 Å². The van der Waals surface area contributed by atoms with Crippen molar-refractivity contribution in [3.05, 3.63) is 0 Å². The van der Waals surface area contributed by atoms with Crippen molar-refractivity contribution >= 4 is 5.91 Å². The molecule has 7 N–H and O–H groups in total. The Bertz CT molecular complexity index is 352. The van der Waals surface area contributed by atoms with Gasteiger partial charge in [0.1, 0.15) is 18.3 Å². The zero-order chi connectivity index (χ0) is 20.9. The van der Waals surface area contributed by atoms with Crippen LogP contribution < -0.4 is 5.73 Å². The molecule has 0 fully saturated rings. The van der Waals surface area contributed by atoms with Gasteiger partial charge in [-0.05, 0) is 38.0 Å². The molecule has 5 unspecified atom stereocenters. The molecule has 8 heteroatoms. The maximum atomic E-state index is 10.3. The minimum atomic E-state index is -1.98. The minimum absolute atomic E-state index is 0.446. The molecule has 0 saturated heterocycles. The number of hydrogen-bond acceptors (Lipinski definition) is 7. The van der Waals surface area contributed by atoms with Crippen molar-refractivity contribution in [1.82, 2.24) is 0 Å². The Labute approximate surface area is 157 Å². The molecule has 0 aliphatic heterocycles. The summed E-state index contributed by atoms with van der Waals surface area (Å²) in [7, 11) is 0. The number of carbonyl (C=O) groups excluding carboxylic acids is 1. The van der Waals surface area contributed by atoms with Crippen LogP contribution in [0.3, 0.4) is 0 Å². The first-order valence-electron chi connectivity index (χ1n) is 9.17. The molecule has 0 heterocycles. The van der Waals surface area contributed by atoms with E-state index in [2.05, 4.69) is 40.4 Å². The summed E-state index contributed by atoms with van der Waals surface area (Å²) >= 11 is 0. The summed E-state index contributed by atoms with van der Waals surface area (Å²) < 4.78 is 5.70. The predicted molar refractivity (Wildman–Crippen MR) is 99.2 cm³/mol. The summed E-state index contributed by atoms with van der Waals surface area (Å²) in [6.07, 6.45) is -3.24. The van der Waals surface area contributed by atoms with Crippen LogP contribution in [0.2, 0.25) is 0 Å². The number of ether oxygens (including phenoxy) is 1. The Morgan fingerprint density at radius 1 is 0.885 bits per heavy atom. The lowest BCUT2D eigenvalue weighted by atomic mass is 10.0. The fourth-order valence-electron chi connectivity index (χ4n) is 1.85. The number of hydrogen-bond donors (Lipinski definition) is 6. The van der Waals surface area contributed by atoms with E-state index in [0.717, 1.165) is 18.4 Å². The smallest absolute Gasteiger partial charge is 0.249 e. The maximum absolute atomic E-state index is 10.3. The second kappa shape index (κ2) is 15.3. The molecule has 0 aromatic heterocycles. The fourth-order valence-corrected chi connectivity index (χ4v) is 1.85. The van der Waals surface area contributed by atoms with Gasteiger partial charge in [0.15, 0.2) is 6.10 Å². The van der Waals surface area contributed by atoms with Gasteiger partial charge in [0, 0.05) is 6.61 Å². The van der Waals surface area contributed by atoms with Crippen LogP contribution >= 0.6 is 0 Å². The lowest BCUT2D eigenvalue weighted by molar-refractivity contribution is -0.146. The van der Waals surface area contributed by atoms with E-state index < -0.39 is 36.9 Å². The third kappa shape index (κ3) is 14.4. The molecule has 1 amide bonds. The second-order valence-electron chi connectivity index (χ2n) is 7.41. The number of rotatable bonds is 12. The van der Waals surface area contributed by atoms with Crippen molar-refractivity contribution in [2.45, 2.75) is 84.4 Å². The molecule has 0 spiro atoms. The zero-order valence-electron chi connectivity index (χ0n) is 16.7. The highest BCUT2D eigenvalue weighted by Crippen LogP contribution is 2.10. The van der Waals surface area contributed by atoms with E-state index in [-0.39, 0.29) is 0 Å². The normalized spacial score (nSPS) is 17.2. The fraction of sp³-hybridized carbons (Fsp3) is 0.944. The minimum Gasteiger partial charge on any atom is -0.394 e. The van der Waals surface area contributed by atoms with Crippen molar-refractivity contribution in [1.29, 1.82) is 0 Å². The van der Waals surface area contributed by atoms with E-state index in [1.165, 1.54) is 19.3 Å². The number of carbonyl (C=O) groups is 1. The average Bonchev–Trinajstić information content (AvgIpc) is 2.57. The first-order chi connectivity index (χ1) is 11.9. The van der Waals surface area contributed by atoms with Crippen molar-refractivity contribution in [3.63, 3.8) is 0 Å². The summed E-state index contributed by atoms with van der Waals surface area (Å²) in [5.74, 6) is 0.338. The molecule has 0 rings (SSSR count). The van der Waals surface area contributed by atoms with Crippen LogP contribution in [-0.4, -0.2) is 75.2 Å². The van der Waals surface area contributed by atoms with Crippen LogP contribution in [0, 0.1) is 11.8 Å². The van der Waals surface area contributed by atoms with Crippen molar-refractivity contribution in [2.75, 3.05) is 13.2 Å². The summed E-state index contributed by atoms with van der Waals surface area (Å²) in [5, 5.41) is 44.0. The lowest BCUT2D eigenvalue weighted by Crippen LogP contribution is -2.50. The molecule has 8 nitrogen and oxygen atoms in total. The third-order valence-corrected chi connectivity index (χ3v) is 3.79. The molecule has 0 aliphatic carbocycles. The largest absolute Gasteiger partial charge is 0.394 e. The van der Waals surface area contributed by atoms with E-state index in [0.29, 0.717) is 6.10 Å².